The normalized spacial score (nSPS) is 10.1. The summed E-state index contributed by atoms with van der Waals surface area (Å²) in [7, 11) is 2.53. The highest BCUT2D eigenvalue weighted by Crippen LogP contribution is 2.16. The molecule has 0 aliphatic carbocycles. The third-order valence-electron chi connectivity index (χ3n) is 2.62. The zero-order valence-electron chi connectivity index (χ0n) is 10.9. The van der Waals surface area contributed by atoms with Gasteiger partial charge in [0, 0.05) is 0 Å². The number of carbonyl (C=O) groups excluding carboxylic acids is 2. The number of nitrogen functional groups attached to an aromatic ring is 1. The number of anilines is 1. The zero-order chi connectivity index (χ0) is 14.7. The molecular weight excluding hydrogens is 264 g/mol. The van der Waals surface area contributed by atoms with Gasteiger partial charge in [-0.2, -0.15) is 4.68 Å². The molecule has 0 saturated heterocycles. The summed E-state index contributed by atoms with van der Waals surface area (Å²) < 4.78 is 10.4. The van der Waals surface area contributed by atoms with E-state index in [9.17, 15) is 9.59 Å². The Labute approximate surface area is 114 Å². The molecule has 0 spiro atoms. The van der Waals surface area contributed by atoms with Gasteiger partial charge < -0.3 is 15.2 Å². The Balaban J connectivity index is 2.35. The number of benzene rings is 1. The molecule has 8 nitrogen and oxygen atoms in total. The molecule has 2 N–H and O–H groups in total. The van der Waals surface area contributed by atoms with Crippen LogP contribution >= 0.6 is 0 Å². The Kier molecular flexibility index (Phi) is 3.65. The van der Waals surface area contributed by atoms with E-state index >= 15 is 0 Å². The molecule has 0 aliphatic heterocycles. The van der Waals surface area contributed by atoms with E-state index in [4.69, 9.17) is 5.73 Å². The minimum Gasteiger partial charge on any atom is -0.465 e. The van der Waals surface area contributed by atoms with Gasteiger partial charge >= 0.3 is 11.9 Å². The molecule has 104 valence electrons. The Morgan fingerprint density at radius 2 is 1.70 bits per heavy atom. The molecule has 2 rings (SSSR count). The number of aromatic nitrogens is 3. The molecule has 1 aromatic heterocycles. The van der Waals surface area contributed by atoms with Crippen molar-refractivity contribution in [2.45, 2.75) is 0 Å². The van der Waals surface area contributed by atoms with Gasteiger partial charge in [-0.05, 0) is 24.3 Å². The van der Waals surface area contributed by atoms with Gasteiger partial charge in [-0.3, -0.25) is 0 Å². The first-order chi connectivity index (χ1) is 9.58. The molecule has 0 radical (unpaired) electrons. The number of nitrogens with two attached hydrogens (primary N) is 1. The van der Waals surface area contributed by atoms with Crippen molar-refractivity contribution in [1.82, 2.24) is 15.0 Å². The lowest BCUT2D eigenvalue weighted by atomic mass is 10.2. The van der Waals surface area contributed by atoms with Gasteiger partial charge in [0.05, 0.1) is 25.5 Å². The van der Waals surface area contributed by atoms with E-state index in [-0.39, 0.29) is 11.5 Å². The number of carbonyl (C=O) groups is 2. The average molecular weight is 276 g/mol. The molecule has 20 heavy (non-hydrogen) atoms. The van der Waals surface area contributed by atoms with Crippen molar-refractivity contribution in [3.63, 3.8) is 0 Å². The molecule has 0 atom stereocenters. The van der Waals surface area contributed by atoms with Gasteiger partial charge in [0.25, 0.3) is 0 Å². The van der Waals surface area contributed by atoms with Crippen LogP contribution in [0.2, 0.25) is 0 Å². The average Bonchev–Trinajstić information content (AvgIpc) is 2.87. The molecule has 0 amide bonds. The first-order valence-electron chi connectivity index (χ1n) is 5.56. The quantitative estimate of drug-likeness (QED) is 0.809. The molecule has 0 saturated carbocycles. The van der Waals surface area contributed by atoms with Crippen LogP contribution in [0.5, 0.6) is 0 Å². The van der Waals surface area contributed by atoms with Crippen molar-refractivity contribution in [3.8, 4) is 5.69 Å². The summed E-state index contributed by atoms with van der Waals surface area (Å²) in [6.45, 7) is 0. The van der Waals surface area contributed by atoms with E-state index in [1.807, 2.05) is 0 Å². The summed E-state index contributed by atoms with van der Waals surface area (Å²) >= 11 is 0. The molecule has 0 aliphatic rings. The van der Waals surface area contributed by atoms with Gasteiger partial charge in [-0.25, -0.2) is 9.59 Å². The summed E-state index contributed by atoms with van der Waals surface area (Å²) in [5.74, 6) is -1.05. The largest absolute Gasteiger partial charge is 0.465 e. The van der Waals surface area contributed by atoms with Crippen LogP contribution in [0.15, 0.2) is 24.3 Å². The number of hydrogen-bond donors (Lipinski definition) is 1. The summed E-state index contributed by atoms with van der Waals surface area (Å²) in [6, 6.07) is 6.33. The predicted octanol–water partition coefficient (Wildman–Crippen LogP) is 0.423. The fourth-order valence-corrected chi connectivity index (χ4v) is 1.58. The minimum atomic E-state index is -0.667. The van der Waals surface area contributed by atoms with Gasteiger partial charge in [0.1, 0.15) is 0 Å². The van der Waals surface area contributed by atoms with Crippen molar-refractivity contribution in [3.05, 3.63) is 35.5 Å². The number of esters is 2. The molecule has 0 bridgehead atoms. The van der Waals surface area contributed by atoms with E-state index in [0.717, 1.165) is 0 Å². The number of rotatable bonds is 3. The summed E-state index contributed by atoms with van der Waals surface area (Å²) in [5.41, 5.74) is 6.66. The van der Waals surface area contributed by atoms with E-state index in [1.54, 1.807) is 24.3 Å². The van der Waals surface area contributed by atoms with Crippen LogP contribution in [0.3, 0.4) is 0 Å². The van der Waals surface area contributed by atoms with Crippen molar-refractivity contribution < 1.29 is 19.1 Å². The summed E-state index contributed by atoms with van der Waals surface area (Å²) in [4.78, 5) is 22.7. The van der Waals surface area contributed by atoms with Crippen molar-refractivity contribution in [1.29, 1.82) is 0 Å². The molecule has 2 aromatic rings. The van der Waals surface area contributed by atoms with Crippen LogP contribution in [0.4, 0.5) is 5.82 Å². The third-order valence-corrected chi connectivity index (χ3v) is 2.62. The van der Waals surface area contributed by atoms with Crippen LogP contribution in [-0.2, 0) is 9.47 Å². The maximum absolute atomic E-state index is 11.4. The minimum absolute atomic E-state index is 0.0580. The van der Waals surface area contributed by atoms with Crippen LogP contribution < -0.4 is 5.73 Å². The topological polar surface area (TPSA) is 109 Å². The lowest BCUT2D eigenvalue weighted by Crippen LogP contribution is -2.08. The fraction of sp³-hybridized carbons (Fsp3) is 0.167. The third kappa shape index (κ3) is 2.30. The van der Waals surface area contributed by atoms with Crippen LogP contribution in [-0.4, -0.2) is 41.2 Å². The molecule has 0 fully saturated rings. The number of hydrogen-bond acceptors (Lipinski definition) is 7. The van der Waals surface area contributed by atoms with Gasteiger partial charge in [-0.1, -0.05) is 5.21 Å². The SMILES string of the molecule is COC(=O)c1ccc(-n2nnc(C(=O)OC)c2N)cc1. The van der Waals surface area contributed by atoms with Gasteiger partial charge in [-0.15, -0.1) is 5.10 Å². The molecule has 1 aromatic carbocycles. The van der Waals surface area contributed by atoms with Crippen molar-refractivity contribution >= 4 is 17.8 Å². The molecule has 1 heterocycles. The van der Waals surface area contributed by atoms with E-state index in [2.05, 4.69) is 19.8 Å². The maximum Gasteiger partial charge on any atom is 0.362 e. The van der Waals surface area contributed by atoms with Crippen molar-refractivity contribution in [2.24, 2.45) is 0 Å². The smallest absolute Gasteiger partial charge is 0.362 e. The van der Waals surface area contributed by atoms with Gasteiger partial charge in [0.2, 0.25) is 5.69 Å². The van der Waals surface area contributed by atoms with Crippen LogP contribution in [0.25, 0.3) is 5.69 Å². The Hall–Kier alpha value is -2.90. The Bertz CT molecular complexity index is 648. The lowest BCUT2D eigenvalue weighted by Gasteiger charge is -2.04. The highest BCUT2D eigenvalue weighted by Gasteiger charge is 2.18. The van der Waals surface area contributed by atoms with E-state index in [1.165, 1.54) is 18.9 Å². The molecule has 0 unspecified atom stereocenters. The van der Waals surface area contributed by atoms with E-state index < -0.39 is 11.9 Å². The fourth-order valence-electron chi connectivity index (χ4n) is 1.58. The number of nitrogens with zero attached hydrogens (tertiary/aromatic N) is 3. The van der Waals surface area contributed by atoms with E-state index in [0.29, 0.717) is 11.3 Å². The first kappa shape index (κ1) is 13.5. The highest BCUT2D eigenvalue weighted by molar-refractivity contribution is 5.92. The Morgan fingerprint density at radius 1 is 1.10 bits per heavy atom. The monoisotopic (exact) mass is 276 g/mol. The van der Waals surface area contributed by atoms with Gasteiger partial charge in [0.15, 0.2) is 5.82 Å². The Morgan fingerprint density at radius 3 is 2.25 bits per heavy atom. The molecule has 8 heteroatoms. The lowest BCUT2D eigenvalue weighted by molar-refractivity contribution is 0.0588. The molecular formula is C12H12N4O4. The standard InChI is InChI=1S/C12H12N4O4/c1-19-11(17)7-3-5-8(6-4-7)16-10(13)9(14-15-16)12(18)20-2/h3-6H,13H2,1-2H3. The first-order valence-corrected chi connectivity index (χ1v) is 5.56. The maximum atomic E-state index is 11.4. The number of methoxy groups -OCH3 is 2. The van der Waals surface area contributed by atoms with Crippen LogP contribution in [0, 0.1) is 0 Å². The second-order valence-electron chi connectivity index (χ2n) is 3.77. The van der Waals surface area contributed by atoms with Crippen LogP contribution in [0.1, 0.15) is 20.8 Å². The predicted molar refractivity (Wildman–Crippen MR) is 68.5 cm³/mol. The van der Waals surface area contributed by atoms with Crippen molar-refractivity contribution in [2.75, 3.05) is 20.0 Å². The summed E-state index contributed by atoms with van der Waals surface area (Å²) in [5, 5.41) is 7.43. The summed E-state index contributed by atoms with van der Waals surface area (Å²) in [6.07, 6.45) is 0. The number of ether oxygens (including phenoxy) is 2. The second-order valence-corrected chi connectivity index (χ2v) is 3.77. The second kappa shape index (κ2) is 5.39. The zero-order valence-corrected chi connectivity index (χ0v) is 10.9. The highest BCUT2D eigenvalue weighted by atomic mass is 16.5.